The molecule has 0 aliphatic carbocycles. The van der Waals surface area contributed by atoms with Crippen LogP contribution in [0.15, 0.2) is 0 Å². The van der Waals surface area contributed by atoms with Gasteiger partial charge in [-0.3, -0.25) is 4.90 Å². The molecule has 2 nitrogen and oxygen atoms in total. The Morgan fingerprint density at radius 1 is 1.64 bits per heavy atom. The van der Waals surface area contributed by atoms with Gasteiger partial charge in [-0.25, -0.2) is 0 Å². The average molecular weight is 172 g/mol. The maximum Gasteiger partial charge on any atom is 0.0735 e. The molecule has 2 rings (SSSR count). The fourth-order valence-corrected chi connectivity index (χ4v) is 2.47. The maximum atomic E-state index is 5.90. The first kappa shape index (κ1) is 7.90. The molecule has 0 saturated carbocycles. The maximum absolute atomic E-state index is 5.90. The van der Waals surface area contributed by atoms with Crippen molar-refractivity contribution in [2.75, 3.05) is 18.8 Å². The van der Waals surface area contributed by atoms with E-state index in [1.165, 1.54) is 25.1 Å². The van der Waals surface area contributed by atoms with Crippen molar-refractivity contribution in [2.45, 2.75) is 30.7 Å². The van der Waals surface area contributed by atoms with Crippen molar-refractivity contribution in [1.29, 1.82) is 0 Å². The highest BCUT2D eigenvalue weighted by Crippen LogP contribution is 2.47. The number of hydrogen-bond donors (Lipinski definition) is 1. The Morgan fingerprint density at radius 3 is 2.91 bits per heavy atom. The number of hydrogen-bond acceptors (Lipinski definition) is 3. The minimum atomic E-state index is 0.432. The van der Waals surface area contributed by atoms with E-state index in [4.69, 9.17) is 5.73 Å². The second kappa shape index (κ2) is 2.64. The van der Waals surface area contributed by atoms with E-state index in [-0.39, 0.29) is 0 Å². The van der Waals surface area contributed by atoms with Crippen LogP contribution in [0.5, 0.6) is 0 Å². The molecule has 2 heterocycles. The first-order valence-electron chi connectivity index (χ1n) is 4.35. The lowest BCUT2D eigenvalue weighted by Gasteiger charge is -2.34. The molecule has 0 bridgehead atoms. The summed E-state index contributed by atoms with van der Waals surface area (Å²) in [6, 6.07) is 0.432. The van der Waals surface area contributed by atoms with Gasteiger partial charge in [-0.1, -0.05) is 0 Å². The summed E-state index contributed by atoms with van der Waals surface area (Å²) in [5, 5.41) is 0. The number of rotatable bonds is 1. The molecule has 2 saturated heterocycles. The summed E-state index contributed by atoms with van der Waals surface area (Å²) in [6.07, 6.45) is 2.51. The predicted octanol–water partition coefficient (Wildman–Crippen LogP) is 0.873. The Kier molecular flexibility index (Phi) is 1.90. The second-order valence-electron chi connectivity index (χ2n) is 3.81. The van der Waals surface area contributed by atoms with Gasteiger partial charge in [-0.15, -0.1) is 11.8 Å². The van der Waals surface area contributed by atoms with E-state index in [1.54, 1.807) is 0 Å². The van der Waals surface area contributed by atoms with E-state index < -0.39 is 0 Å². The molecule has 0 aromatic carbocycles. The van der Waals surface area contributed by atoms with Gasteiger partial charge in [-0.05, 0) is 26.3 Å². The highest BCUT2D eigenvalue weighted by molar-refractivity contribution is 8.07. The molecule has 0 spiro atoms. The van der Waals surface area contributed by atoms with E-state index in [2.05, 4.69) is 11.8 Å². The monoisotopic (exact) mass is 172 g/mol. The largest absolute Gasteiger partial charge is 0.327 e. The number of thioether (sulfide) groups is 1. The molecule has 2 aliphatic heterocycles. The summed E-state index contributed by atoms with van der Waals surface area (Å²) < 4.78 is 0. The molecule has 0 aromatic rings. The average Bonchev–Trinajstić information content (AvgIpc) is 2.70. The summed E-state index contributed by atoms with van der Waals surface area (Å²) in [7, 11) is 0. The van der Waals surface area contributed by atoms with E-state index in [0.717, 1.165) is 6.54 Å². The van der Waals surface area contributed by atoms with Crippen LogP contribution < -0.4 is 5.73 Å². The molecule has 2 unspecified atom stereocenters. The van der Waals surface area contributed by atoms with Gasteiger partial charge in [-0.2, -0.15) is 0 Å². The third kappa shape index (κ3) is 1.55. The minimum Gasteiger partial charge on any atom is -0.327 e. The molecule has 0 amide bonds. The zero-order valence-corrected chi connectivity index (χ0v) is 7.86. The standard InChI is InChI=1S/C8H16N2S/c1-8(6-11-8)10-4-2-3-7(9)5-10/h7H,2-6,9H2,1H3. The van der Waals surface area contributed by atoms with Gasteiger partial charge in [0, 0.05) is 18.3 Å². The highest BCUT2D eigenvalue weighted by Gasteiger charge is 2.45. The van der Waals surface area contributed by atoms with Crippen LogP contribution in [0.3, 0.4) is 0 Å². The van der Waals surface area contributed by atoms with E-state index in [0.29, 0.717) is 10.9 Å². The first-order valence-corrected chi connectivity index (χ1v) is 5.34. The third-order valence-corrected chi connectivity index (χ3v) is 4.07. The zero-order chi connectivity index (χ0) is 7.90. The van der Waals surface area contributed by atoms with Crippen LogP contribution in [-0.4, -0.2) is 34.7 Å². The van der Waals surface area contributed by atoms with Gasteiger partial charge >= 0.3 is 0 Å². The van der Waals surface area contributed by atoms with E-state index in [1.807, 2.05) is 11.8 Å². The molecule has 3 heteroatoms. The fourth-order valence-electron chi connectivity index (χ4n) is 1.73. The lowest BCUT2D eigenvalue weighted by atomic mass is 10.1. The van der Waals surface area contributed by atoms with Gasteiger partial charge in [0.15, 0.2) is 0 Å². The number of nitrogens with two attached hydrogens (primary N) is 1. The summed E-state index contributed by atoms with van der Waals surface area (Å²) in [4.78, 5) is 3.02. The summed E-state index contributed by atoms with van der Waals surface area (Å²) in [5.41, 5.74) is 5.90. The van der Waals surface area contributed by atoms with Crippen LogP contribution in [0, 0.1) is 0 Å². The first-order chi connectivity index (χ1) is 5.21. The smallest absolute Gasteiger partial charge is 0.0735 e. The highest BCUT2D eigenvalue weighted by atomic mass is 32.2. The van der Waals surface area contributed by atoms with E-state index in [9.17, 15) is 0 Å². The summed E-state index contributed by atoms with van der Waals surface area (Å²) in [6.45, 7) is 4.70. The Labute approximate surface area is 72.5 Å². The molecule has 64 valence electrons. The Hall–Kier alpha value is 0.270. The Balaban J connectivity index is 1.93. The van der Waals surface area contributed by atoms with Crippen molar-refractivity contribution < 1.29 is 0 Å². The molecule has 0 aromatic heterocycles. The summed E-state index contributed by atoms with van der Waals surface area (Å²) >= 11 is 2.05. The number of likely N-dealkylation sites (tertiary alicyclic amines) is 1. The third-order valence-electron chi connectivity index (χ3n) is 2.69. The van der Waals surface area contributed by atoms with Crippen LogP contribution in [0.2, 0.25) is 0 Å². The van der Waals surface area contributed by atoms with Gasteiger partial charge in [0.1, 0.15) is 0 Å². The predicted molar refractivity (Wildman–Crippen MR) is 49.6 cm³/mol. The number of piperidine rings is 1. The normalized spacial score (nSPS) is 45.8. The fraction of sp³-hybridized carbons (Fsp3) is 1.00. The van der Waals surface area contributed by atoms with Crippen molar-refractivity contribution in [1.82, 2.24) is 4.90 Å². The number of nitrogens with zero attached hydrogens (tertiary/aromatic N) is 1. The van der Waals surface area contributed by atoms with Gasteiger partial charge in [0.2, 0.25) is 0 Å². The molecule has 2 aliphatic rings. The molecular formula is C8H16N2S. The van der Waals surface area contributed by atoms with Gasteiger partial charge < -0.3 is 5.73 Å². The SMILES string of the molecule is CC1(N2CCCC(N)C2)CS1. The second-order valence-corrected chi connectivity index (χ2v) is 5.27. The Bertz CT molecular complexity index is 156. The van der Waals surface area contributed by atoms with Crippen LogP contribution in [0.4, 0.5) is 0 Å². The van der Waals surface area contributed by atoms with Gasteiger partial charge in [0.05, 0.1) is 4.87 Å². The van der Waals surface area contributed by atoms with Crippen molar-refractivity contribution >= 4 is 11.8 Å². The van der Waals surface area contributed by atoms with Crippen molar-refractivity contribution in [3.05, 3.63) is 0 Å². The molecular weight excluding hydrogens is 156 g/mol. The van der Waals surface area contributed by atoms with E-state index >= 15 is 0 Å². The van der Waals surface area contributed by atoms with Crippen molar-refractivity contribution in [2.24, 2.45) is 5.73 Å². The van der Waals surface area contributed by atoms with Gasteiger partial charge in [0.25, 0.3) is 0 Å². The van der Waals surface area contributed by atoms with Crippen LogP contribution >= 0.6 is 11.8 Å². The minimum absolute atomic E-state index is 0.432. The topological polar surface area (TPSA) is 29.3 Å². The van der Waals surface area contributed by atoms with Crippen LogP contribution in [0.25, 0.3) is 0 Å². The van der Waals surface area contributed by atoms with Crippen LogP contribution in [-0.2, 0) is 0 Å². The molecule has 2 N–H and O–H groups in total. The molecule has 0 radical (unpaired) electrons. The molecule has 11 heavy (non-hydrogen) atoms. The lowest BCUT2D eigenvalue weighted by molar-refractivity contribution is 0.167. The van der Waals surface area contributed by atoms with Crippen molar-refractivity contribution in [3.63, 3.8) is 0 Å². The van der Waals surface area contributed by atoms with Crippen LogP contribution in [0.1, 0.15) is 19.8 Å². The zero-order valence-electron chi connectivity index (χ0n) is 7.05. The summed E-state index contributed by atoms with van der Waals surface area (Å²) in [5.74, 6) is 1.31. The quantitative estimate of drug-likeness (QED) is 0.595. The molecule has 2 fully saturated rings. The van der Waals surface area contributed by atoms with Crippen molar-refractivity contribution in [3.8, 4) is 0 Å². The Morgan fingerprint density at radius 2 is 2.36 bits per heavy atom. The molecule has 2 atom stereocenters. The lowest BCUT2D eigenvalue weighted by Crippen LogP contribution is -2.47.